The SMILES string of the molecule is COC(=O)C(C)(C)C([O-])c1ccccc1.[Li+]. The molecule has 82 valence electrons. The molecule has 0 bridgehead atoms. The van der Waals surface area contributed by atoms with Crippen LogP contribution in [0.2, 0.25) is 0 Å². The molecular weight excluding hydrogens is 199 g/mol. The van der Waals surface area contributed by atoms with Crippen LogP contribution < -0.4 is 24.0 Å². The van der Waals surface area contributed by atoms with Gasteiger partial charge in [0.2, 0.25) is 0 Å². The van der Waals surface area contributed by atoms with Crippen molar-refractivity contribution in [2.75, 3.05) is 7.11 Å². The van der Waals surface area contributed by atoms with Gasteiger partial charge in [-0.1, -0.05) is 55.8 Å². The molecule has 1 aromatic carbocycles. The number of benzene rings is 1. The maximum Gasteiger partial charge on any atom is 1.00 e. The van der Waals surface area contributed by atoms with Gasteiger partial charge in [0.15, 0.2) is 0 Å². The minimum Gasteiger partial charge on any atom is -0.848 e. The predicted octanol–water partition coefficient (Wildman–Crippen LogP) is -1.71. The average Bonchev–Trinajstić information content (AvgIpc) is 2.28. The molecule has 1 unspecified atom stereocenters. The van der Waals surface area contributed by atoms with E-state index in [-0.39, 0.29) is 18.9 Å². The number of hydrogen-bond acceptors (Lipinski definition) is 3. The van der Waals surface area contributed by atoms with Crippen molar-refractivity contribution in [3.05, 3.63) is 35.9 Å². The van der Waals surface area contributed by atoms with E-state index in [1.54, 1.807) is 38.1 Å². The number of esters is 1. The number of rotatable bonds is 3. The molecule has 0 aliphatic heterocycles. The van der Waals surface area contributed by atoms with E-state index < -0.39 is 17.5 Å². The summed E-state index contributed by atoms with van der Waals surface area (Å²) in [4.78, 5) is 11.4. The number of methoxy groups -OCH3 is 1. The van der Waals surface area contributed by atoms with Crippen LogP contribution in [0.15, 0.2) is 30.3 Å². The molecule has 1 aromatic rings. The fourth-order valence-electron chi connectivity index (χ4n) is 1.41. The smallest absolute Gasteiger partial charge is 0.848 e. The van der Waals surface area contributed by atoms with Gasteiger partial charge < -0.3 is 9.84 Å². The summed E-state index contributed by atoms with van der Waals surface area (Å²) in [6.45, 7) is 3.20. The van der Waals surface area contributed by atoms with E-state index in [4.69, 9.17) is 0 Å². The third-order valence-corrected chi connectivity index (χ3v) is 2.47. The summed E-state index contributed by atoms with van der Waals surface area (Å²) < 4.78 is 4.62. The Kier molecular flexibility index (Phi) is 5.81. The van der Waals surface area contributed by atoms with Crippen LogP contribution in [-0.2, 0) is 9.53 Å². The first-order valence-corrected chi connectivity index (χ1v) is 4.79. The fraction of sp³-hybridized carbons (Fsp3) is 0.417. The quantitative estimate of drug-likeness (QED) is 0.445. The van der Waals surface area contributed by atoms with E-state index in [1.807, 2.05) is 6.07 Å². The third kappa shape index (κ3) is 3.12. The van der Waals surface area contributed by atoms with Gasteiger partial charge in [0, 0.05) is 0 Å². The van der Waals surface area contributed by atoms with Crippen LogP contribution in [0, 0.1) is 5.41 Å². The van der Waals surface area contributed by atoms with Crippen molar-refractivity contribution >= 4 is 5.97 Å². The molecule has 0 fully saturated rings. The Bertz CT molecular complexity index is 335. The summed E-state index contributed by atoms with van der Waals surface area (Å²) >= 11 is 0. The minimum absolute atomic E-state index is 0. The molecule has 0 saturated heterocycles. The van der Waals surface area contributed by atoms with Gasteiger partial charge in [-0.2, -0.15) is 0 Å². The van der Waals surface area contributed by atoms with Gasteiger partial charge >= 0.3 is 24.8 Å². The maximum absolute atomic E-state index is 12.0. The second-order valence-electron chi connectivity index (χ2n) is 4.00. The first-order valence-electron chi connectivity index (χ1n) is 4.79. The zero-order valence-electron chi connectivity index (χ0n) is 10.2. The molecule has 1 atom stereocenters. The zero-order valence-corrected chi connectivity index (χ0v) is 10.2. The first-order chi connectivity index (χ1) is 7.00. The van der Waals surface area contributed by atoms with E-state index in [0.29, 0.717) is 5.56 Å². The molecular formula is C12H15LiO3. The molecule has 0 amide bonds. The Balaban J connectivity index is 0.00000225. The monoisotopic (exact) mass is 214 g/mol. The molecule has 0 heterocycles. The van der Waals surface area contributed by atoms with Crippen LogP contribution in [0.25, 0.3) is 0 Å². The second kappa shape index (κ2) is 6.10. The second-order valence-corrected chi connectivity index (χ2v) is 4.00. The Morgan fingerprint density at radius 1 is 1.31 bits per heavy atom. The van der Waals surface area contributed by atoms with Gasteiger partial charge in [0.1, 0.15) is 0 Å². The average molecular weight is 214 g/mol. The molecule has 0 aliphatic carbocycles. The van der Waals surface area contributed by atoms with Crippen molar-refractivity contribution in [2.45, 2.75) is 20.0 Å². The van der Waals surface area contributed by atoms with Crippen LogP contribution in [0.4, 0.5) is 0 Å². The number of ether oxygens (including phenoxy) is 1. The molecule has 0 saturated carbocycles. The van der Waals surface area contributed by atoms with Gasteiger partial charge in [-0.05, 0) is 0 Å². The Labute approximate surface area is 108 Å². The Hall–Kier alpha value is -0.753. The van der Waals surface area contributed by atoms with Crippen LogP contribution in [0.1, 0.15) is 25.5 Å². The summed E-state index contributed by atoms with van der Waals surface area (Å²) in [5.41, 5.74) is -0.441. The molecule has 4 heteroatoms. The summed E-state index contributed by atoms with van der Waals surface area (Å²) in [5, 5.41) is 12.0. The zero-order chi connectivity index (χ0) is 11.5. The third-order valence-electron chi connectivity index (χ3n) is 2.47. The van der Waals surface area contributed by atoms with Crippen LogP contribution in [-0.4, -0.2) is 13.1 Å². The van der Waals surface area contributed by atoms with E-state index in [2.05, 4.69) is 4.74 Å². The molecule has 0 radical (unpaired) electrons. The normalized spacial score (nSPS) is 12.5. The number of carbonyl (C=O) groups excluding carboxylic acids is 1. The fourth-order valence-corrected chi connectivity index (χ4v) is 1.41. The minimum atomic E-state index is -1.11. The molecule has 0 spiro atoms. The molecule has 1 rings (SSSR count). The van der Waals surface area contributed by atoms with Gasteiger partial charge in [-0.3, -0.25) is 4.79 Å². The van der Waals surface area contributed by atoms with Gasteiger partial charge in [0.25, 0.3) is 0 Å². The Morgan fingerprint density at radius 3 is 2.25 bits per heavy atom. The standard InChI is InChI=1S/C12H15O3.Li/c1-12(2,11(14)15-3)10(13)9-7-5-4-6-8-9;/h4-8,10H,1-3H3;/q-1;+1. The summed E-state index contributed by atoms with van der Waals surface area (Å²) in [6.07, 6.45) is -1.11. The molecule has 3 nitrogen and oxygen atoms in total. The summed E-state index contributed by atoms with van der Waals surface area (Å²) in [6, 6.07) is 8.85. The molecule has 16 heavy (non-hydrogen) atoms. The van der Waals surface area contributed by atoms with E-state index >= 15 is 0 Å². The van der Waals surface area contributed by atoms with Crippen LogP contribution in [0.5, 0.6) is 0 Å². The van der Waals surface area contributed by atoms with E-state index in [9.17, 15) is 9.90 Å². The van der Waals surface area contributed by atoms with Crippen molar-refractivity contribution in [3.8, 4) is 0 Å². The van der Waals surface area contributed by atoms with Crippen LogP contribution in [0.3, 0.4) is 0 Å². The predicted molar refractivity (Wildman–Crippen MR) is 55.0 cm³/mol. The van der Waals surface area contributed by atoms with Crippen molar-refractivity contribution in [2.24, 2.45) is 5.41 Å². The van der Waals surface area contributed by atoms with Crippen molar-refractivity contribution in [1.29, 1.82) is 0 Å². The number of hydrogen-bond donors (Lipinski definition) is 0. The molecule has 0 N–H and O–H groups in total. The van der Waals surface area contributed by atoms with Crippen molar-refractivity contribution in [3.63, 3.8) is 0 Å². The van der Waals surface area contributed by atoms with Gasteiger partial charge in [-0.15, -0.1) is 0 Å². The topological polar surface area (TPSA) is 49.4 Å². The van der Waals surface area contributed by atoms with Gasteiger partial charge in [-0.25, -0.2) is 0 Å². The number of carbonyl (C=O) groups is 1. The van der Waals surface area contributed by atoms with Crippen molar-refractivity contribution in [1.82, 2.24) is 0 Å². The van der Waals surface area contributed by atoms with Gasteiger partial charge in [0.05, 0.1) is 12.5 Å². The van der Waals surface area contributed by atoms with Crippen LogP contribution >= 0.6 is 0 Å². The Morgan fingerprint density at radius 2 is 1.81 bits per heavy atom. The summed E-state index contributed by atoms with van der Waals surface area (Å²) in [7, 11) is 1.29. The van der Waals surface area contributed by atoms with E-state index in [1.165, 1.54) is 7.11 Å². The molecule has 0 aliphatic rings. The van der Waals surface area contributed by atoms with Crippen molar-refractivity contribution < 1.29 is 33.5 Å². The largest absolute Gasteiger partial charge is 1.00 e. The first kappa shape index (κ1) is 15.2. The molecule has 0 aromatic heterocycles. The summed E-state index contributed by atoms with van der Waals surface area (Å²) in [5.74, 6) is -0.480. The maximum atomic E-state index is 12.0. The van der Waals surface area contributed by atoms with E-state index in [0.717, 1.165) is 0 Å².